The standard InChI is InChI=1S/C37H45N5O9S/c1-24(2)19-40(52(48,49)29-13-10-27(11-14-29)18-38-47)21-31(43)30(16-26-8-6-5-7-9-26)39-36(45)35(25(3)4)42-22-34(44)41(37(42)46)20-28-12-15-32-33(17-28)51-23-50-32/h5-15,17-18,24-25,30-31,35,43,47H,16,19-23H2,1-4H3,(H,39,45)/t30-,31-,35-/m0/s1. The zero-order valence-electron chi connectivity index (χ0n) is 29.6. The molecule has 5 rings (SSSR count). The number of aliphatic hydroxyl groups excluding tert-OH is 1. The molecule has 0 unspecified atom stereocenters. The van der Waals surface area contributed by atoms with Crippen LogP contribution in [0.5, 0.6) is 11.5 Å². The van der Waals surface area contributed by atoms with E-state index in [4.69, 9.17) is 14.7 Å². The summed E-state index contributed by atoms with van der Waals surface area (Å²) in [5.41, 5.74) is 1.94. The van der Waals surface area contributed by atoms with Crippen molar-refractivity contribution in [2.24, 2.45) is 17.0 Å². The second kappa shape index (κ2) is 16.6. The van der Waals surface area contributed by atoms with Crippen molar-refractivity contribution in [3.8, 4) is 11.5 Å². The van der Waals surface area contributed by atoms with Gasteiger partial charge in [0.15, 0.2) is 11.5 Å². The molecule has 0 saturated carbocycles. The maximum absolute atomic E-state index is 14.2. The van der Waals surface area contributed by atoms with E-state index in [1.54, 1.807) is 32.0 Å². The van der Waals surface area contributed by atoms with Crippen LogP contribution in [0.15, 0.2) is 82.8 Å². The van der Waals surface area contributed by atoms with E-state index < -0.39 is 52.0 Å². The lowest BCUT2D eigenvalue weighted by molar-refractivity contribution is -0.129. The summed E-state index contributed by atoms with van der Waals surface area (Å²) < 4.78 is 39.7. The number of urea groups is 1. The lowest BCUT2D eigenvalue weighted by Gasteiger charge is -2.34. The first-order valence-corrected chi connectivity index (χ1v) is 18.5. The van der Waals surface area contributed by atoms with Gasteiger partial charge in [-0.3, -0.25) is 14.5 Å². The molecule has 15 heteroatoms. The van der Waals surface area contributed by atoms with Gasteiger partial charge in [-0.25, -0.2) is 13.2 Å². The van der Waals surface area contributed by atoms with Gasteiger partial charge in [-0.1, -0.05) is 81.4 Å². The Labute approximate surface area is 303 Å². The second-order valence-electron chi connectivity index (χ2n) is 13.7. The third-order valence-electron chi connectivity index (χ3n) is 8.87. The number of imide groups is 1. The van der Waals surface area contributed by atoms with Crippen LogP contribution in [0.3, 0.4) is 0 Å². The molecule has 14 nitrogen and oxygen atoms in total. The van der Waals surface area contributed by atoms with Crippen molar-refractivity contribution in [1.82, 2.24) is 19.4 Å². The summed E-state index contributed by atoms with van der Waals surface area (Å²) in [5, 5.41) is 26.5. The van der Waals surface area contributed by atoms with Crippen LogP contribution in [-0.2, 0) is 32.6 Å². The molecule has 2 aliphatic rings. The number of benzene rings is 3. The van der Waals surface area contributed by atoms with E-state index in [9.17, 15) is 27.9 Å². The van der Waals surface area contributed by atoms with Gasteiger partial charge in [0.05, 0.1) is 29.8 Å². The molecule has 0 bridgehead atoms. The van der Waals surface area contributed by atoms with E-state index in [0.717, 1.165) is 10.5 Å². The van der Waals surface area contributed by atoms with Gasteiger partial charge in [-0.2, -0.15) is 4.31 Å². The highest BCUT2D eigenvalue weighted by Gasteiger charge is 2.44. The molecule has 0 aliphatic carbocycles. The first-order chi connectivity index (χ1) is 24.8. The van der Waals surface area contributed by atoms with Crippen LogP contribution in [0.2, 0.25) is 0 Å². The highest BCUT2D eigenvalue weighted by Crippen LogP contribution is 2.33. The monoisotopic (exact) mass is 735 g/mol. The number of carbonyl (C=O) groups excluding carboxylic acids is 3. The van der Waals surface area contributed by atoms with Crippen molar-refractivity contribution in [2.45, 2.75) is 63.7 Å². The molecule has 2 heterocycles. The van der Waals surface area contributed by atoms with Gasteiger partial charge in [-0.15, -0.1) is 0 Å². The summed E-state index contributed by atoms with van der Waals surface area (Å²) in [6.45, 7) is 6.74. The fourth-order valence-corrected chi connectivity index (χ4v) is 7.96. The highest BCUT2D eigenvalue weighted by atomic mass is 32.2. The van der Waals surface area contributed by atoms with Gasteiger partial charge in [0.25, 0.3) is 5.91 Å². The summed E-state index contributed by atoms with van der Waals surface area (Å²) >= 11 is 0. The third-order valence-corrected chi connectivity index (χ3v) is 10.7. The van der Waals surface area contributed by atoms with E-state index in [1.165, 1.54) is 39.7 Å². The van der Waals surface area contributed by atoms with Crippen LogP contribution in [0.4, 0.5) is 4.79 Å². The number of amides is 4. The Kier molecular flexibility index (Phi) is 12.2. The zero-order chi connectivity index (χ0) is 37.6. The number of carbonyl (C=O) groups is 3. The average molecular weight is 736 g/mol. The smallest absolute Gasteiger partial charge is 0.328 e. The summed E-state index contributed by atoms with van der Waals surface area (Å²) in [6, 6.07) is 17.4. The minimum Gasteiger partial charge on any atom is -0.454 e. The van der Waals surface area contributed by atoms with Crippen LogP contribution in [0.1, 0.15) is 44.4 Å². The molecule has 1 saturated heterocycles. The van der Waals surface area contributed by atoms with Crippen LogP contribution in [0.25, 0.3) is 0 Å². The molecule has 4 amide bonds. The number of aliphatic hydroxyl groups is 1. The molecule has 3 N–H and O–H groups in total. The fraction of sp³-hybridized carbons (Fsp3) is 0.405. The van der Waals surface area contributed by atoms with E-state index in [-0.39, 0.29) is 50.2 Å². The molecule has 0 spiro atoms. The number of nitrogens with one attached hydrogen (secondary N) is 1. The minimum atomic E-state index is -4.11. The maximum atomic E-state index is 14.2. The molecule has 3 aromatic carbocycles. The zero-order valence-corrected chi connectivity index (χ0v) is 30.4. The van der Waals surface area contributed by atoms with Crippen LogP contribution >= 0.6 is 0 Å². The van der Waals surface area contributed by atoms with Gasteiger partial charge >= 0.3 is 6.03 Å². The summed E-state index contributed by atoms with van der Waals surface area (Å²) in [7, 11) is -4.11. The van der Waals surface area contributed by atoms with Crippen LogP contribution in [0, 0.1) is 11.8 Å². The number of hydrogen-bond acceptors (Lipinski definition) is 10. The summed E-state index contributed by atoms with van der Waals surface area (Å²) in [5.74, 6) is -0.486. The normalized spacial score (nSPS) is 16.4. The Morgan fingerprint density at radius 2 is 1.65 bits per heavy atom. The third kappa shape index (κ3) is 8.89. The predicted molar refractivity (Wildman–Crippen MR) is 191 cm³/mol. The minimum absolute atomic E-state index is 0.0125. The van der Waals surface area contributed by atoms with Gasteiger partial charge in [0, 0.05) is 13.1 Å². The van der Waals surface area contributed by atoms with Crippen molar-refractivity contribution < 1.29 is 42.6 Å². The molecule has 0 radical (unpaired) electrons. The number of rotatable bonds is 16. The molecule has 0 aromatic heterocycles. The number of sulfonamides is 1. The lowest BCUT2D eigenvalue weighted by Crippen LogP contribution is -2.57. The number of fused-ring (bicyclic) bond motifs is 1. The Hall–Kier alpha value is -4.99. The molecule has 278 valence electrons. The summed E-state index contributed by atoms with van der Waals surface area (Å²) in [6.07, 6.45) is -0.0351. The lowest BCUT2D eigenvalue weighted by atomic mass is 9.97. The SMILES string of the molecule is CC(C)CN(C[C@H](O)[C@H](Cc1ccccc1)NC(=O)[C@H](C(C)C)N1CC(=O)N(Cc2ccc3c(c2)OCO3)C1=O)S(=O)(=O)c1ccc(C=NO)cc1. The molecular formula is C37H45N5O9S. The van der Waals surface area contributed by atoms with E-state index in [2.05, 4.69) is 10.5 Å². The second-order valence-corrected chi connectivity index (χ2v) is 15.6. The van der Waals surface area contributed by atoms with Gasteiger partial charge in [0.2, 0.25) is 22.7 Å². The number of oxime groups is 1. The van der Waals surface area contributed by atoms with E-state index in [0.29, 0.717) is 22.6 Å². The summed E-state index contributed by atoms with van der Waals surface area (Å²) in [4.78, 5) is 43.4. The fourth-order valence-electron chi connectivity index (χ4n) is 6.33. The number of nitrogens with zero attached hydrogens (tertiary/aromatic N) is 4. The van der Waals surface area contributed by atoms with Gasteiger partial charge in [0.1, 0.15) is 12.6 Å². The molecule has 2 aliphatic heterocycles. The molecule has 52 heavy (non-hydrogen) atoms. The quantitative estimate of drug-likeness (QED) is 0.0861. The Balaban J connectivity index is 1.37. The van der Waals surface area contributed by atoms with Crippen molar-refractivity contribution in [2.75, 3.05) is 26.4 Å². The topological polar surface area (TPSA) is 178 Å². The van der Waals surface area contributed by atoms with Crippen LogP contribution in [-0.4, -0.2) is 102 Å². The Morgan fingerprint density at radius 1 is 0.962 bits per heavy atom. The Bertz CT molecular complexity index is 1870. The molecule has 1 fully saturated rings. The largest absolute Gasteiger partial charge is 0.454 e. The maximum Gasteiger partial charge on any atom is 0.328 e. The molecular weight excluding hydrogens is 691 g/mol. The first-order valence-electron chi connectivity index (χ1n) is 17.1. The molecule has 3 aromatic rings. The number of hydrogen-bond donors (Lipinski definition) is 3. The average Bonchev–Trinajstić information content (AvgIpc) is 3.68. The first kappa shape index (κ1) is 38.2. The van der Waals surface area contributed by atoms with E-state index in [1.807, 2.05) is 44.2 Å². The number of ether oxygens (including phenoxy) is 2. The van der Waals surface area contributed by atoms with Gasteiger partial charge < -0.3 is 30.0 Å². The molecule has 3 atom stereocenters. The van der Waals surface area contributed by atoms with E-state index >= 15 is 0 Å². The highest BCUT2D eigenvalue weighted by molar-refractivity contribution is 7.89. The van der Waals surface area contributed by atoms with Gasteiger partial charge in [-0.05, 0) is 59.2 Å². The van der Waals surface area contributed by atoms with Crippen molar-refractivity contribution in [3.63, 3.8) is 0 Å². The van der Waals surface area contributed by atoms with Crippen molar-refractivity contribution in [1.29, 1.82) is 0 Å². The van der Waals surface area contributed by atoms with Crippen molar-refractivity contribution in [3.05, 3.63) is 89.5 Å². The van der Waals surface area contributed by atoms with Crippen molar-refractivity contribution >= 4 is 34.1 Å². The Morgan fingerprint density at radius 3 is 2.31 bits per heavy atom. The predicted octanol–water partition coefficient (Wildman–Crippen LogP) is 3.45. The van der Waals surface area contributed by atoms with Crippen LogP contribution < -0.4 is 14.8 Å².